The van der Waals surface area contributed by atoms with Crippen LogP contribution in [0, 0.1) is 0 Å². The van der Waals surface area contributed by atoms with E-state index in [-0.39, 0.29) is 0 Å². The van der Waals surface area contributed by atoms with Gasteiger partial charge in [-0.15, -0.1) is 11.3 Å². The Morgan fingerprint density at radius 3 is 2.76 bits per heavy atom. The topological polar surface area (TPSA) is 54.6 Å². The molecule has 2 rings (SSSR count). The number of thiazole rings is 1. The van der Waals surface area contributed by atoms with Crippen molar-refractivity contribution >= 4 is 16.5 Å². The summed E-state index contributed by atoms with van der Waals surface area (Å²) in [6.07, 6.45) is 1.86. The predicted molar refractivity (Wildman–Crippen MR) is 70.6 cm³/mol. The highest BCUT2D eigenvalue weighted by Gasteiger charge is 2.23. The molecule has 0 spiro atoms. The fraction of sp³-hybridized carbons (Fsp3) is 0.727. The summed E-state index contributed by atoms with van der Waals surface area (Å²) in [5, 5.41) is 3.15. The summed E-state index contributed by atoms with van der Waals surface area (Å²) in [6, 6.07) is 0.346. The van der Waals surface area contributed by atoms with Crippen molar-refractivity contribution in [3.8, 4) is 0 Å². The normalized spacial score (nSPS) is 19.5. The molecular weight excluding hydrogens is 236 g/mol. The second kappa shape index (κ2) is 6.30. The van der Waals surface area contributed by atoms with Gasteiger partial charge in [-0.2, -0.15) is 0 Å². The van der Waals surface area contributed by atoms with E-state index in [0.29, 0.717) is 19.2 Å². The summed E-state index contributed by atoms with van der Waals surface area (Å²) < 4.78 is 5.20. The number of rotatable bonds is 5. The fourth-order valence-electron chi connectivity index (χ4n) is 2.17. The number of anilines is 1. The zero-order valence-corrected chi connectivity index (χ0v) is 11.0. The predicted octanol–water partition coefficient (Wildman–Crippen LogP) is 0.239. The number of nitrogens with two attached hydrogens (primary N) is 1. The van der Waals surface area contributed by atoms with Crippen LogP contribution >= 0.6 is 11.3 Å². The summed E-state index contributed by atoms with van der Waals surface area (Å²) >= 11 is 1.70. The minimum atomic E-state index is 0.346. The second-order valence-electron chi connectivity index (χ2n) is 4.18. The van der Waals surface area contributed by atoms with E-state index in [9.17, 15) is 0 Å². The molecule has 0 radical (unpaired) electrons. The maximum Gasteiger partial charge on any atom is 0.185 e. The zero-order valence-electron chi connectivity index (χ0n) is 10.2. The molecule has 17 heavy (non-hydrogen) atoms. The molecule has 0 bridgehead atoms. The Morgan fingerprint density at radius 1 is 1.47 bits per heavy atom. The summed E-state index contributed by atoms with van der Waals surface area (Å²) in [4.78, 5) is 9.09. The van der Waals surface area contributed by atoms with Gasteiger partial charge >= 0.3 is 0 Å². The van der Waals surface area contributed by atoms with Gasteiger partial charge in [0.2, 0.25) is 0 Å². The van der Waals surface area contributed by atoms with Gasteiger partial charge in [-0.1, -0.05) is 0 Å². The lowest BCUT2D eigenvalue weighted by Crippen LogP contribution is -2.53. The lowest BCUT2D eigenvalue weighted by molar-refractivity contribution is 0.0900. The number of ether oxygens (including phenoxy) is 1. The monoisotopic (exact) mass is 256 g/mol. The average molecular weight is 256 g/mol. The van der Waals surface area contributed by atoms with Crippen molar-refractivity contribution in [2.24, 2.45) is 5.73 Å². The summed E-state index contributed by atoms with van der Waals surface area (Å²) in [6.45, 7) is 5.48. The minimum absolute atomic E-state index is 0.346. The molecule has 1 saturated heterocycles. The van der Waals surface area contributed by atoms with E-state index in [2.05, 4.69) is 14.8 Å². The highest BCUT2D eigenvalue weighted by atomic mass is 32.1. The van der Waals surface area contributed by atoms with E-state index in [1.165, 1.54) is 0 Å². The molecule has 0 amide bonds. The lowest BCUT2D eigenvalue weighted by Gasteiger charge is -2.38. The Hall–Kier alpha value is -0.690. The molecule has 1 unspecified atom stereocenters. The quantitative estimate of drug-likeness (QED) is 0.818. The van der Waals surface area contributed by atoms with Crippen molar-refractivity contribution in [3.05, 3.63) is 11.6 Å². The first-order chi connectivity index (χ1) is 8.35. The third kappa shape index (κ3) is 3.16. The molecule has 1 aliphatic heterocycles. The smallest absolute Gasteiger partial charge is 0.185 e. The van der Waals surface area contributed by atoms with Crippen LogP contribution in [0.1, 0.15) is 0 Å². The van der Waals surface area contributed by atoms with Crippen LogP contribution < -0.4 is 10.6 Å². The Labute approximate surface area is 106 Å². The number of aromatic nitrogens is 1. The van der Waals surface area contributed by atoms with Gasteiger partial charge in [-0.25, -0.2) is 4.98 Å². The van der Waals surface area contributed by atoms with Gasteiger partial charge in [0.1, 0.15) is 0 Å². The van der Waals surface area contributed by atoms with Crippen LogP contribution in [0.4, 0.5) is 5.13 Å². The van der Waals surface area contributed by atoms with Crippen LogP contribution in [-0.4, -0.2) is 62.4 Å². The molecule has 0 aliphatic carbocycles. The molecule has 1 aliphatic rings. The first-order valence-electron chi connectivity index (χ1n) is 5.92. The maximum atomic E-state index is 5.77. The minimum Gasteiger partial charge on any atom is -0.383 e. The molecule has 0 saturated carbocycles. The van der Waals surface area contributed by atoms with Gasteiger partial charge in [0.15, 0.2) is 5.13 Å². The standard InChI is InChI=1S/C11H20N4OS/c1-16-9-10(8-12)14-3-5-15(6-4-14)11-13-2-7-17-11/h2,7,10H,3-6,8-9,12H2,1H3. The first kappa shape index (κ1) is 12.8. The Bertz CT molecular complexity index is 311. The van der Waals surface area contributed by atoms with Crippen LogP contribution in [0.3, 0.4) is 0 Å². The van der Waals surface area contributed by atoms with E-state index in [1.54, 1.807) is 18.4 Å². The van der Waals surface area contributed by atoms with Gasteiger partial charge in [-0.05, 0) is 0 Å². The third-order valence-corrected chi connectivity index (χ3v) is 3.98. The van der Waals surface area contributed by atoms with Crippen LogP contribution in [0.15, 0.2) is 11.6 Å². The van der Waals surface area contributed by atoms with E-state index >= 15 is 0 Å². The Balaban J connectivity index is 1.85. The third-order valence-electron chi connectivity index (χ3n) is 3.15. The number of hydrogen-bond donors (Lipinski definition) is 1. The Morgan fingerprint density at radius 2 is 2.24 bits per heavy atom. The maximum absolute atomic E-state index is 5.77. The van der Waals surface area contributed by atoms with Crippen LogP contribution in [0.2, 0.25) is 0 Å². The van der Waals surface area contributed by atoms with Crippen LogP contribution in [0.25, 0.3) is 0 Å². The van der Waals surface area contributed by atoms with E-state index in [4.69, 9.17) is 10.5 Å². The van der Waals surface area contributed by atoms with Crippen LogP contribution in [-0.2, 0) is 4.74 Å². The van der Waals surface area contributed by atoms with Crippen molar-refractivity contribution in [2.75, 3.05) is 51.3 Å². The van der Waals surface area contributed by atoms with Gasteiger partial charge < -0.3 is 15.4 Å². The zero-order chi connectivity index (χ0) is 12.1. The molecule has 2 N–H and O–H groups in total. The lowest BCUT2D eigenvalue weighted by atomic mass is 10.2. The summed E-state index contributed by atoms with van der Waals surface area (Å²) in [5.74, 6) is 0. The summed E-state index contributed by atoms with van der Waals surface area (Å²) in [5.41, 5.74) is 5.77. The molecule has 1 aromatic heterocycles. The van der Waals surface area contributed by atoms with E-state index in [1.807, 2.05) is 11.6 Å². The van der Waals surface area contributed by atoms with Crippen molar-refractivity contribution in [1.29, 1.82) is 0 Å². The molecule has 96 valence electrons. The van der Waals surface area contributed by atoms with Crippen molar-refractivity contribution < 1.29 is 4.74 Å². The summed E-state index contributed by atoms with van der Waals surface area (Å²) in [7, 11) is 1.73. The van der Waals surface area contributed by atoms with Crippen molar-refractivity contribution in [2.45, 2.75) is 6.04 Å². The van der Waals surface area contributed by atoms with Gasteiger partial charge in [0, 0.05) is 57.5 Å². The van der Waals surface area contributed by atoms with Crippen molar-refractivity contribution in [3.63, 3.8) is 0 Å². The molecule has 1 atom stereocenters. The second-order valence-corrected chi connectivity index (χ2v) is 5.06. The van der Waals surface area contributed by atoms with Gasteiger partial charge in [0.05, 0.1) is 6.61 Å². The average Bonchev–Trinajstić information content (AvgIpc) is 2.90. The molecule has 5 nitrogen and oxygen atoms in total. The number of methoxy groups -OCH3 is 1. The fourth-order valence-corrected chi connectivity index (χ4v) is 2.86. The molecule has 6 heteroatoms. The van der Waals surface area contributed by atoms with Crippen molar-refractivity contribution in [1.82, 2.24) is 9.88 Å². The molecule has 1 aromatic rings. The van der Waals surface area contributed by atoms with Gasteiger partial charge in [0.25, 0.3) is 0 Å². The van der Waals surface area contributed by atoms with Crippen LogP contribution in [0.5, 0.6) is 0 Å². The molecule has 1 fully saturated rings. The first-order valence-corrected chi connectivity index (χ1v) is 6.80. The molecular formula is C11H20N4OS. The van der Waals surface area contributed by atoms with Gasteiger partial charge in [-0.3, -0.25) is 4.90 Å². The largest absolute Gasteiger partial charge is 0.383 e. The van der Waals surface area contributed by atoms with E-state index < -0.39 is 0 Å². The highest BCUT2D eigenvalue weighted by molar-refractivity contribution is 7.13. The van der Waals surface area contributed by atoms with E-state index in [0.717, 1.165) is 31.3 Å². The number of nitrogens with zero attached hydrogens (tertiary/aromatic N) is 3. The molecule has 2 heterocycles. The number of hydrogen-bond acceptors (Lipinski definition) is 6. The number of piperazine rings is 1. The highest BCUT2D eigenvalue weighted by Crippen LogP contribution is 2.19. The Kier molecular flexibility index (Phi) is 4.73. The SMILES string of the molecule is COCC(CN)N1CCN(c2nccs2)CC1. The molecule has 0 aromatic carbocycles.